The second kappa shape index (κ2) is 5.73. The molecule has 1 aromatic rings. The Morgan fingerprint density at radius 1 is 1.44 bits per heavy atom. The van der Waals surface area contributed by atoms with E-state index in [9.17, 15) is 0 Å². The van der Waals surface area contributed by atoms with E-state index in [1.807, 2.05) is 23.1 Å². The minimum Gasteiger partial charge on any atom is -0.357 e. The molecule has 0 fully saturated rings. The van der Waals surface area contributed by atoms with E-state index in [0.717, 1.165) is 11.7 Å². The van der Waals surface area contributed by atoms with Gasteiger partial charge in [-0.2, -0.15) is 0 Å². The maximum Gasteiger partial charge on any atom is 0.157 e. The molecule has 0 bridgehead atoms. The molecule has 2 heterocycles. The third-order valence-corrected chi connectivity index (χ3v) is 4.56. The van der Waals surface area contributed by atoms with Crippen molar-refractivity contribution in [3.05, 3.63) is 22.4 Å². The topological polar surface area (TPSA) is 24.4 Å². The molecule has 1 atom stereocenters. The molecule has 4 heteroatoms. The molecule has 1 aliphatic rings. The van der Waals surface area contributed by atoms with Gasteiger partial charge in [-0.15, -0.1) is 11.3 Å². The summed E-state index contributed by atoms with van der Waals surface area (Å²) >= 11 is 3.67. The highest BCUT2D eigenvalue weighted by molar-refractivity contribution is 8.13. The summed E-state index contributed by atoms with van der Waals surface area (Å²) in [6.07, 6.45) is 1.21. The zero-order valence-corrected chi connectivity index (χ0v) is 11.4. The second-order valence-corrected chi connectivity index (χ2v) is 6.33. The summed E-state index contributed by atoms with van der Waals surface area (Å²) in [5.74, 6) is 1.78. The fourth-order valence-corrected chi connectivity index (χ4v) is 3.52. The van der Waals surface area contributed by atoms with Crippen LogP contribution < -0.4 is 5.32 Å². The Hall–Kier alpha value is -0.480. The summed E-state index contributed by atoms with van der Waals surface area (Å²) in [4.78, 5) is 5.94. The molecule has 1 aliphatic heterocycles. The normalized spacial score (nSPS) is 18.3. The average Bonchev–Trinajstić information content (AvgIpc) is 2.80. The Balaban J connectivity index is 2.06. The van der Waals surface area contributed by atoms with E-state index in [0.29, 0.717) is 12.0 Å². The third-order valence-electron chi connectivity index (χ3n) is 2.59. The lowest BCUT2D eigenvalue weighted by atomic mass is 10.0. The number of hydrogen-bond acceptors (Lipinski definition) is 4. The highest BCUT2D eigenvalue weighted by atomic mass is 32.2. The molecule has 0 saturated heterocycles. The SMILES string of the molecule is CC(C)C(NC1=NCCCS1)c1cccs1. The monoisotopic (exact) mass is 254 g/mol. The molecule has 0 aliphatic carbocycles. The van der Waals surface area contributed by atoms with Crippen molar-refractivity contribution >= 4 is 28.3 Å². The Morgan fingerprint density at radius 2 is 2.31 bits per heavy atom. The van der Waals surface area contributed by atoms with Gasteiger partial charge in [-0.05, 0) is 23.8 Å². The molecule has 16 heavy (non-hydrogen) atoms. The van der Waals surface area contributed by atoms with Gasteiger partial charge in [-0.3, -0.25) is 4.99 Å². The van der Waals surface area contributed by atoms with Crippen LogP contribution in [0.4, 0.5) is 0 Å². The number of rotatable bonds is 3. The van der Waals surface area contributed by atoms with Gasteiger partial charge in [0, 0.05) is 17.2 Å². The van der Waals surface area contributed by atoms with E-state index in [-0.39, 0.29) is 0 Å². The number of amidine groups is 1. The van der Waals surface area contributed by atoms with E-state index < -0.39 is 0 Å². The van der Waals surface area contributed by atoms with Crippen LogP contribution in [-0.4, -0.2) is 17.5 Å². The predicted molar refractivity (Wildman–Crippen MR) is 74.4 cm³/mol. The minimum atomic E-state index is 0.407. The standard InChI is InChI=1S/C12H18N2S2/c1-9(2)11(10-5-3-7-15-10)14-12-13-6-4-8-16-12/h3,5,7,9,11H,4,6,8H2,1-2H3,(H,13,14). The molecule has 1 N–H and O–H groups in total. The fourth-order valence-electron chi connectivity index (χ4n) is 1.71. The van der Waals surface area contributed by atoms with Gasteiger partial charge in [0.05, 0.1) is 6.04 Å². The van der Waals surface area contributed by atoms with Crippen molar-refractivity contribution in [1.29, 1.82) is 0 Å². The molecule has 0 aromatic carbocycles. The molecule has 0 amide bonds. The molecule has 0 radical (unpaired) electrons. The molecule has 2 nitrogen and oxygen atoms in total. The van der Waals surface area contributed by atoms with Crippen LogP contribution in [0.3, 0.4) is 0 Å². The number of aliphatic imine (C=N–C) groups is 1. The molecule has 0 saturated carbocycles. The molecular weight excluding hydrogens is 236 g/mol. The highest BCUT2D eigenvalue weighted by Crippen LogP contribution is 2.27. The van der Waals surface area contributed by atoms with Crippen LogP contribution in [0, 0.1) is 5.92 Å². The Kier molecular flexibility index (Phi) is 4.29. The van der Waals surface area contributed by atoms with Crippen molar-refractivity contribution in [1.82, 2.24) is 5.32 Å². The van der Waals surface area contributed by atoms with E-state index in [2.05, 4.69) is 41.7 Å². The molecule has 1 unspecified atom stereocenters. The maximum atomic E-state index is 4.53. The predicted octanol–water partition coefficient (Wildman–Crippen LogP) is 3.53. The lowest BCUT2D eigenvalue weighted by Crippen LogP contribution is -2.31. The van der Waals surface area contributed by atoms with Crippen molar-refractivity contribution in [2.45, 2.75) is 26.3 Å². The zero-order valence-electron chi connectivity index (χ0n) is 9.77. The van der Waals surface area contributed by atoms with Crippen molar-refractivity contribution in [2.75, 3.05) is 12.3 Å². The van der Waals surface area contributed by atoms with Gasteiger partial charge in [0.1, 0.15) is 0 Å². The summed E-state index contributed by atoms with van der Waals surface area (Å²) in [5, 5.41) is 6.85. The van der Waals surface area contributed by atoms with E-state index in [4.69, 9.17) is 0 Å². The maximum absolute atomic E-state index is 4.53. The van der Waals surface area contributed by atoms with Crippen LogP contribution >= 0.6 is 23.1 Å². The van der Waals surface area contributed by atoms with Crippen LogP contribution in [0.2, 0.25) is 0 Å². The van der Waals surface area contributed by atoms with Crippen LogP contribution in [-0.2, 0) is 0 Å². The van der Waals surface area contributed by atoms with Crippen LogP contribution in [0.1, 0.15) is 31.2 Å². The molecule has 2 rings (SSSR count). The van der Waals surface area contributed by atoms with Gasteiger partial charge in [0.2, 0.25) is 0 Å². The first-order valence-corrected chi connectivity index (χ1v) is 7.61. The van der Waals surface area contributed by atoms with Crippen molar-refractivity contribution in [3.8, 4) is 0 Å². The second-order valence-electron chi connectivity index (χ2n) is 4.27. The summed E-state index contributed by atoms with van der Waals surface area (Å²) < 4.78 is 0. The van der Waals surface area contributed by atoms with Crippen molar-refractivity contribution in [2.24, 2.45) is 10.9 Å². The quantitative estimate of drug-likeness (QED) is 0.892. The summed E-state index contributed by atoms with van der Waals surface area (Å²) in [6.45, 7) is 5.49. The Morgan fingerprint density at radius 3 is 2.88 bits per heavy atom. The smallest absolute Gasteiger partial charge is 0.157 e. The third kappa shape index (κ3) is 3.01. The van der Waals surface area contributed by atoms with Crippen molar-refractivity contribution in [3.63, 3.8) is 0 Å². The molecular formula is C12H18N2S2. The first kappa shape index (κ1) is 12.0. The zero-order chi connectivity index (χ0) is 11.4. The van der Waals surface area contributed by atoms with Gasteiger partial charge in [0.15, 0.2) is 5.17 Å². The number of hydrogen-bond donors (Lipinski definition) is 1. The number of nitrogens with one attached hydrogen (secondary N) is 1. The first-order chi connectivity index (χ1) is 7.77. The lowest BCUT2D eigenvalue weighted by molar-refractivity contribution is 0.480. The van der Waals surface area contributed by atoms with Gasteiger partial charge in [-0.1, -0.05) is 31.7 Å². The largest absolute Gasteiger partial charge is 0.357 e. The fraction of sp³-hybridized carbons (Fsp3) is 0.583. The van der Waals surface area contributed by atoms with Gasteiger partial charge < -0.3 is 5.32 Å². The Labute approximate surface area is 106 Å². The van der Waals surface area contributed by atoms with E-state index >= 15 is 0 Å². The highest BCUT2D eigenvalue weighted by Gasteiger charge is 2.19. The van der Waals surface area contributed by atoms with Gasteiger partial charge in [0.25, 0.3) is 0 Å². The number of nitrogens with zero attached hydrogens (tertiary/aromatic N) is 1. The minimum absolute atomic E-state index is 0.407. The van der Waals surface area contributed by atoms with E-state index in [1.54, 1.807) is 0 Å². The number of thiophene rings is 1. The number of thioether (sulfide) groups is 1. The van der Waals surface area contributed by atoms with E-state index in [1.165, 1.54) is 17.1 Å². The van der Waals surface area contributed by atoms with Crippen LogP contribution in [0.25, 0.3) is 0 Å². The summed E-state index contributed by atoms with van der Waals surface area (Å²) in [7, 11) is 0. The Bertz CT molecular complexity index is 344. The van der Waals surface area contributed by atoms with Gasteiger partial charge >= 0.3 is 0 Å². The van der Waals surface area contributed by atoms with Crippen LogP contribution in [0.5, 0.6) is 0 Å². The van der Waals surface area contributed by atoms with Crippen LogP contribution in [0.15, 0.2) is 22.5 Å². The molecule has 1 aromatic heterocycles. The average molecular weight is 254 g/mol. The van der Waals surface area contributed by atoms with Gasteiger partial charge in [-0.25, -0.2) is 0 Å². The summed E-state index contributed by atoms with van der Waals surface area (Å²) in [6, 6.07) is 4.73. The molecule has 0 spiro atoms. The van der Waals surface area contributed by atoms with Crippen molar-refractivity contribution < 1.29 is 0 Å². The summed E-state index contributed by atoms with van der Waals surface area (Å²) in [5.41, 5.74) is 0. The first-order valence-electron chi connectivity index (χ1n) is 5.74. The molecule has 88 valence electrons. The lowest BCUT2D eigenvalue weighted by Gasteiger charge is -2.24.